The van der Waals surface area contributed by atoms with Gasteiger partial charge < -0.3 is 10.1 Å². The highest BCUT2D eigenvalue weighted by Crippen LogP contribution is 2.58. The lowest BCUT2D eigenvalue weighted by molar-refractivity contribution is -0.0930. The Hall–Kier alpha value is -1.59. The molecule has 4 nitrogen and oxygen atoms in total. The first-order valence-electron chi connectivity index (χ1n) is 12.4. The lowest BCUT2D eigenvalue weighted by atomic mass is 9.52. The SMILES string of the molecule is COc1c(C(=O)NC[C@H]2CCCN2C23CC4CC(CC(C4)C2)C3)cc(Br)c2ccccc12. The van der Waals surface area contributed by atoms with Gasteiger partial charge in [0, 0.05) is 28.0 Å². The highest BCUT2D eigenvalue weighted by molar-refractivity contribution is 9.10. The van der Waals surface area contributed by atoms with Crippen molar-refractivity contribution >= 4 is 32.6 Å². The van der Waals surface area contributed by atoms with Gasteiger partial charge in [0.05, 0.1) is 12.7 Å². The van der Waals surface area contributed by atoms with E-state index in [1.807, 2.05) is 30.3 Å². The number of amides is 1. The Kier molecular flexibility index (Phi) is 5.26. The standard InChI is InChI=1S/C27H33BrN2O2/c1-32-25-22-7-3-2-6-21(22)24(28)12-23(25)26(31)29-16-20-5-4-8-30(20)27-13-17-9-18(14-27)11-19(10-17)15-27/h2-3,6-7,12,17-20H,4-5,8-11,13-16H2,1H3,(H,29,31)/t17?,18?,19?,20-,27?/m1/s1. The number of methoxy groups -OCH3 is 1. The third kappa shape index (κ3) is 3.38. The molecular formula is C27H33BrN2O2. The van der Waals surface area contributed by atoms with Crippen LogP contribution in [-0.4, -0.2) is 42.6 Å². The van der Waals surface area contributed by atoms with Crippen LogP contribution >= 0.6 is 15.9 Å². The fourth-order valence-electron chi connectivity index (χ4n) is 8.09. The van der Waals surface area contributed by atoms with Crippen molar-refractivity contribution in [3.05, 3.63) is 40.4 Å². The molecule has 2 aromatic carbocycles. The van der Waals surface area contributed by atoms with Gasteiger partial charge in [-0.25, -0.2) is 0 Å². The van der Waals surface area contributed by atoms with Crippen LogP contribution < -0.4 is 10.1 Å². The first-order valence-corrected chi connectivity index (χ1v) is 13.2. The molecule has 5 heteroatoms. The van der Waals surface area contributed by atoms with Crippen LogP contribution in [0.5, 0.6) is 5.75 Å². The number of nitrogens with zero attached hydrogens (tertiary/aromatic N) is 1. The molecule has 170 valence electrons. The maximum absolute atomic E-state index is 13.3. The number of carbonyl (C=O) groups is 1. The summed E-state index contributed by atoms with van der Waals surface area (Å²) in [7, 11) is 1.65. The van der Waals surface area contributed by atoms with E-state index in [0.29, 0.717) is 22.9 Å². The Bertz CT molecular complexity index is 1020. The van der Waals surface area contributed by atoms with Gasteiger partial charge in [-0.2, -0.15) is 0 Å². The second-order valence-corrected chi connectivity index (χ2v) is 11.7. The van der Waals surface area contributed by atoms with Crippen molar-refractivity contribution in [2.75, 3.05) is 20.2 Å². The predicted octanol–water partition coefficient (Wildman–Crippen LogP) is 5.77. The van der Waals surface area contributed by atoms with Gasteiger partial charge in [0.1, 0.15) is 5.75 Å². The van der Waals surface area contributed by atoms with Crippen LogP contribution in [0.3, 0.4) is 0 Å². The van der Waals surface area contributed by atoms with Crippen molar-refractivity contribution in [2.45, 2.75) is 62.9 Å². The highest BCUT2D eigenvalue weighted by Gasteiger charge is 2.55. The molecule has 0 aromatic heterocycles. The zero-order valence-electron chi connectivity index (χ0n) is 18.9. The molecule has 0 spiro atoms. The third-order valence-electron chi connectivity index (χ3n) is 8.88. The minimum absolute atomic E-state index is 0.0364. The van der Waals surface area contributed by atoms with Crippen LogP contribution in [0.4, 0.5) is 0 Å². The Labute approximate surface area is 199 Å². The van der Waals surface area contributed by atoms with Crippen molar-refractivity contribution in [1.29, 1.82) is 0 Å². The number of hydrogen-bond acceptors (Lipinski definition) is 3. The van der Waals surface area contributed by atoms with Gasteiger partial charge >= 0.3 is 0 Å². The van der Waals surface area contributed by atoms with Crippen LogP contribution in [0.15, 0.2) is 34.8 Å². The van der Waals surface area contributed by atoms with E-state index in [1.165, 1.54) is 57.9 Å². The zero-order chi connectivity index (χ0) is 21.9. The molecule has 4 aliphatic carbocycles. The zero-order valence-corrected chi connectivity index (χ0v) is 20.5. The average Bonchev–Trinajstić information content (AvgIpc) is 3.26. The molecule has 5 fully saturated rings. The second kappa shape index (κ2) is 8.02. The van der Waals surface area contributed by atoms with Crippen molar-refractivity contribution in [1.82, 2.24) is 10.2 Å². The third-order valence-corrected chi connectivity index (χ3v) is 9.54. The number of rotatable bonds is 5. The fourth-order valence-corrected chi connectivity index (χ4v) is 8.66. The smallest absolute Gasteiger partial charge is 0.255 e. The van der Waals surface area contributed by atoms with Crippen molar-refractivity contribution in [3.8, 4) is 5.75 Å². The van der Waals surface area contributed by atoms with Crippen LogP contribution in [0.25, 0.3) is 10.8 Å². The predicted molar refractivity (Wildman–Crippen MR) is 131 cm³/mol. The minimum Gasteiger partial charge on any atom is -0.495 e. The number of hydrogen-bond donors (Lipinski definition) is 1. The topological polar surface area (TPSA) is 41.6 Å². The maximum atomic E-state index is 13.3. The van der Waals surface area contributed by atoms with Crippen molar-refractivity contribution in [2.24, 2.45) is 17.8 Å². The van der Waals surface area contributed by atoms with E-state index >= 15 is 0 Å². The van der Waals surface area contributed by atoms with Crippen molar-refractivity contribution in [3.63, 3.8) is 0 Å². The monoisotopic (exact) mass is 496 g/mol. The lowest BCUT2D eigenvalue weighted by Crippen LogP contribution is -2.62. The average molecular weight is 497 g/mol. The molecule has 0 unspecified atom stereocenters. The summed E-state index contributed by atoms with van der Waals surface area (Å²) in [5.74, 6) is 3.49. The summed E-state index contributed by atoms with van der Waals surface area (Å²) in [6.07, 6.45) is 11.1. The molecule has 2 aromatic rings. The van der Waals surface area contributed by atoms with Gasteiger partial charge in [-0.1, -0.05) is 40.2 Å². The first kappa shape index (κ1) is 21.0. The van der Waals surface area contributed by atoms with Gasteiger partial charge in [-0.15, -0.1) is 0 Å². The Morgan fingerprint density at radius 3 is 2.44 bits per heavy atom. The summed E-state index contributed by atoms with van der Waals surface area (Å²) in [5.41, 5.74) is 1.03. The van der Waals surface area contributed by atoms with Gasteiger partial charge in [0.15, 0.2) is 0 Å². The molecule has 0 radical (unpaired) electrons. The number of fused-ring (bicyclic) bond motifs is 1. The molecule has 1 atom stereocenters. The summed E-state index contributed by atoms with van der Waals surface area (Å²) >= 11 is 3.65. The number of ether oxygens (including phenoxy) is 1. The summed E-state index contributed by atoms with van der Waals surface area (Å²) in [4.78, 5) is 16.1. The van der Waals surface area contributed by atoms with Crippen LogP contribution in [0.2, 0.25) is 0 Å². The number of carbonyl (C=O) groups excluding carboxylic acids is 1. The molecule has 1 saturated heterocycles. The minimum atomic E-state index is -0.0364. The van der Waals surface area contributed by atoms with E-state index in [0.717, 1.165) is 39.5 Å². The molecule has 1 heterocycles. The van der Waals surface area contributed by atoms with E-state index in [9.17, 15) is 4.79 Å². The fraction of sp³-hybridized carbons (Fsp3) is 0.593. The molecule has 4 saturated carbocycles. The molecule has 5 aliphatic rings. The van der Waals surface area contributed by atoms with E-state index in [2.05, 4.69) is 26.1 Å². The van der Waals surface area contributed by atoms with Gasteiger partial charge in [-0.3, -0.25) is 9.69 Å². The van der Waals surface area contributed by atoms with E-state index in [1.54, 1.807) is 7.11 Å². The van der Waals surface area contributed by atoms with E-state index in [-0.39, 0.29) is 5.91 Å². The summed E-state index contributed by atoms with van der Waals surface area (Å²) in [6.45, 7) is 1.94. The second-order valence-electron chi connectivity index (χ2n) is 10.8. The Morgan fingerprint density at radius 2 is 1.78 bits per heavy atom. The first-order chi connectivity index (χ1) is 15.6. The summed E-state index contributed by atoms with van der Waals surface area (Å²) in [5, 5.41) is 5.31. The van der Waals surface area contributed by atoms with Gasteiger partial charge in [0.2, 0.25) is 0 Å². The number of nitrogens with one attached hydrogen (secondary N) is 1. The highest BCUT2D eigenvalue weighted by atomic mass is 79.9. The van der Waals surface area contributed by atoms with Crippen LogP contribution in [-0.2, 0) is 0 Å². The number of likely N-dealkylation sites (tertiary alicyclic amines) is 1. The van der Waals surface area contributed by atoms with E-state index in [4.69, 9.17) is 4.74 Å². The molecule has 1 amide bonds. The Balaban J connectivity index is 1.21. The summed E-state index contributed by atoms with van der Waals surface area (Å²) < 4.78 is 6.63. The molecule has 1 aliphatic heterocycles. The summed E-state index contributed by atoms with van der Waals surface area (Å²) in [6, 6.07) is 10.4. The Morgan fingerprint density at radius 1 is 1.12 bits per heavy atom. The van der Waals surface area contributed by atoms with Gasteiger partial charge in [0.25, 0.3) is 5.91 Å². The normalized spacial score (nSPS) is 33.7. The van der Waals surface area contributed by atoms with E-state index < -0.39 is 0 Å². The molecule has 1 N–H and O–H groups in total. The molecule has 7 rings (SSSR count). The van der Waals surface area contributed by atoms with Crippen LogP contribution in [0.1, 0.15) is 61.7 Å². The van der Waals surface area contributed by atoms with Crippen molar-refractivity contribution < 1.29 is 9.53 Å². The lowest BCUT2D eigenvalue weighted by Gasteiger charge is -2.61. The maximum Gasteiger partial charge on any atom is 0.255 e. The molecule has 4 bridgehead atoms. The largest absolute Gasteiger partial charge is 0.495 e. The van der Waals surface area contributed by atoms with Crippen LogP contribution in [0, 0.1) is 17.8 Å². The van der Waals surface area contributed by atoms with Gasteiger partial charge in [-0.05, 0) is 87.1 Å². The number of halogens is 1. The quantitative estimate of drug-likeness (QED) is 0.570. The molecular weight excluding hydrogens is 464 g/mol. The molecule has 32 heavy (non-hydrogen) atoms. The number of benzene rings is 2.